The first-order chi connectivity index (χ1) is 15.5. The third-order valence-corrected chi connectivity index (χ3v) is 6.11. The molecule has 2 atom stereocenters. The van der Waals surface area contributed by atoms with Crippen LogP contribution in [0, 0.1) is 12.8 Å². The van der Waals surface area contributed by atoms with Crippen LogP contribution in [0.1, 0.15) is 28.9 Å². The van der Waals surface area contributed by atoms with E-state index in [1.54, 1.807) is 7.11 Å². The quantitative estimate of drug-likeness (QED) is 0.415. The number of hydrogen-bond donors (Lipinski definition) is 4. The van der Waals surface area contributed by atoms with Gasteiger partial charge in [-0.3, -0.25) is 4.79 Å². The highest BCUT2D eigenvalue weighted by Crippen LogP contribution is 2.38. The highest BCUT2D eigenvalue weighted by molar-refractivity contribution is 6.09. The van der Waals surface area contributed by atoms with Crippen molar-refractivity contribution in [3.63, 3.8) is 0 Å². The minimum Gasteiger partial charge on any atom is -0.497 e. The van der Waals surface area contributed by atoms with Crippen LogP contribution in [-0.4, -0.2) is 64.9 Å². The Morgan fingerprint density at radius 2 is 2.09 bits per heavy atom. The number of hydrogen-bond acceptors (Lipinski definition) is 7. The van der Waals surface area contributed by atoms with Crippen LogP contribution in [0.15, 0.2) is 24.5 Å². The number of H-pyrrole nitrogens is 1. The topological polar surface area (TPSA) is 121 Å². The van der Waals surface area contributed by atoms with E-state index in [0.717, 1.165) is 5.56 Å². The summed E-state index contributed by atoms with van der Waals surface area (Å²) in [5, 5.41) is 16.0. The number of aromatic amines is 1. The van der Waals surface area contributed by atoms with E-state index in [0.29, 0.717) is 65.1 Å². The predicted octanol–water partition coefficient (Wildman–Crippen LogP) is 2.22. The number of rotatable bonds is 7. The Balaban J connectivity index is 0.00000259. The van der Waals surface area contributed by atoms with Gasteiger partial charge in [-0.25, -0.2) is 9.97 Å². The van der Waals surface area contributed by atoms with Gasteiger partial charge in [0.2, 0.25) is 0 Å². The van der Waals surface area contributed by atoms with Gasteiger partial charge in [-0.1, -0.05) is 0 Å². The second-order valence-electron chi connectivity index (χ2n) is 8.49. The maximum Gasteiger partial charge on any atom is 0.255 e. The van der Waals surface area contributed by atoms with Crippen molar-refractivity contribution in [1.29, 1.82) is 0 Å². The second kappa shape index (κ2) is 9.54. The van der Waals surface area contributed by atoms with Crippen molar-refractivity contribution >= 4 is 29.3 Å². The minimum absolute atomic E-state index is 0. The largest absolute Gasteiger partial charge is 0.497 e. The van der Waals surface area contributed by atoms with E-state index >= 15 is 0 Å². The molecule has 0 bridgehead atoms. The summed E-state index contributed by atoms with van der Waals surface area (Å²) < 4.78 is 11.5. The van der Waals surface area contributed by atoms with Crippen LogP contribution in [-0.2, 0) is 0 Å². The molecule has 2 fully saturated rings. The number of aliphatic hydroxyl groups excluding tert-OH is 1. The molecule has 1 saturated carbocycles. The number of carbonyl (C=O) groups is 1. The number of nitrogens with one attached hydrogen (secondary N) is 3. The number of aromatic nitrogens is 3. The summed E-state index contributed by atoms with van der Waals surface area (Å²) in [5.74, 6) is 1.72. The first kappa shape index (κ1) is 23.3. The van der Waals surface area contributed by atoms with E-state index in [-0.39, 0.29) is 24.4 Å². The molecule has 3 aromatic rings. The zero-order valence-corrected chi connectivity index (χ0v) is 19.4. The number of halogens is 1. The average Bonchev–Trinajstić information content (AvgIpc) is 3.44. The van der Waals surface area contributed by atoms with Crippen molar-refractivity contribution < 1.29 is 19.4 Å². The number of benzene rings is 1. The van der Waals surface area contributed by atoms with Gasteiger partial charge in [-0.15, -0.1) is 12.4 Å². The average molecular weight is 474 g/mol. The predicted molar refractivity (Wildman–Crippen MR) is 126 cm³/mol. The third-order valence-electron chi connectivity index (χ3n) is 6.11. The fraction of sp³-hybridized carbons (Fsp3) is 0.435. The standard InChI is InChI=1S/C23H27N5O4.ClH/c1-12-19(23(30)28-16-8-24-9-17(16)29)21-22(27-12)20(25-11-26-21)15-6-5-14(31-2)7-18(15)32-10-13-3-4-13;/h5-7,11,13,16-17,24,27,29H,3-4,8-10H2,1-2H3,(H,28,30);1H/t16-,17+;/m1./s1. The minimum atomic E-state index is -0.611. The number of methoxy groups -OCH3 is 1. The van der Waals surface area contributed by atoms with Gasteiger partial charge in [0, 0.05) is 30.4 Å². The Morgan fingerprint density at radius 1 is 1.27 bits per heavy atom. The van der Waals surface area contributed by atoms with Crippen molar-refractivity contribution in [2.75, 3.05) is 26.8 Å². The summed E-state index contributed by atoms with van der Waals surface area (Å²) in [7, 11) is 1.62. The van der Waals surface area contributed by atoms with E-state index in [1.807, 2.05) is 25.1 Å². The van der Waals surface area contributed by atoms with Gasteiger partial charge >= 0.3 is 0 Å². The van der Waals surface area contributed by atoms with E-state index in [9.17, 15) is 9.90 Å². The number of amides is 1. The summed E-state index contributed by atoms with van der Waals surface area (Å²) in [6.07, 6.45) is 3.23. The first-order valence-corrected chi connectivity index (χ1v) is 10.9. The molecule has 2 aromatic heterocycles. The van der Waals surface area contributed by atoms with Gasteiger partial charge in [-0.2, -0.15) is 0 Å². The fourth-order valence-corrected chi connectivity index (χ4v) is 4.09. The lowest BCUT2D eigenvalue weighted by molar-refractivity contribution is 0.0889. The molecule has 4 N–H and O–H groups in total. The summed E-state index contributed by atoms with van der Waals surface area (Å²) in [6.45, 7) is 3.49. The summed E-state index contributed by atoms with van der Waals surface area (Å²) in [5.41, 5.74) is 3.82. The van der Waals surface area contributed by atoms with Crippen molar-refractivity contribution in [3.8, 4) is 22.8 Å². The molecule has 2 aliphatic rings. The SMILES string of the molecule is COc1ccc(-c2ncnc3c(C(=O)N[C@@H]4CNC[C@@H]4O)c(C)[nH]c23)c(OCC2CC2)c1.Cl. The Labute approximate surface area is 197 Å². The Kier molecular flexibility index (Phi) is 6.73. The summed E-state index contributed by atoms with van der Waals surface area (Å²) >= 11 is 0. The van der Waals surface area contributed by atoms with Gasteiger partial charge < -0.3 is 30.2 Å². The Bertz CT molecular complexity index is 1160. The van der Waals surface area contributed by atoms with Crippen LogP contribution < -0.4 is 20.1 Å². The van der Waals surface area contributed by atoms with Crippen LogP contribution in [0.5, 0.6) is 11.5 Å². The fourth-order valence-electron chi connectivity index (χ4n) is 4.09. The number of fused-ring (bicyclic) bond motifs is 1. The maximum absolute atomic E-state index is 13.1. The molecular weight excluding hydrogens is 446 g/mol. The molecule has 1 amide bonds. The van der Waals surface area contributed by atoms with Crippen LogP contribution in [0.3, 0.4) is 0 Å². The molecular formula is C23H28ClN5O4. The molecule has 0 spiro atoms. The molecule has 1 aromatic carbocycles. The molecule has 33 heavy (non-hydrogen) atoms. The number of ether oxygens (including phenoxy) is 2. The van der Waals surface area contributed by atoms with Crippen LogP contribution in [0.25, 0.3) is 22.3 Å². The highest BCUT2D eigenvalue weighted by Gasteiger charge is 2.29. The zero-order chi connectivity index (χ0) is 22.2. The Morgan fingerprint density at radius 3 is 2.79 bits per heavy atom. The molecule has 9 nitrogen and oxygen atoms in total. The monoisotopic (exact) mass is 473 g/mol. The van der Waals surface area contributed by atoms with Gasteiger partial charge in [0.1, 0.15) is 29.0 Å². The molecule has 1 aliphatic heterocycles. The summed E-state index contributed by atoms with van der Waals surface area (Å²) in [6, 6.07) is 5.31. The molecule has 0 radical (unpaired) electrons. The molecule has 5 rings (SSSR count). The van der Waals surface area contributed by atoms with E-state index in [4.69, 9.17) is 9.47 Å². The lowest BCUT2D eigenvalue weighted by Crippen LogP contribution is -2.42. The molecule has 176 valence electrons. The highest BCUT2D eigenvalue weighted by atomic mass is 35.5. The maximum atomic E-state index is 13.1. The van der Waals surface area contributed by atoms with Gasteiger partial charge in [-0.05, 0) is 37.8 Å². The van der Waals surface area contributed by atoms with E-state index in [1.165, 1.54) is 19.2 Å². The van der Waals surface area contributed by atoms with Crippen molar-refractivity contribution in [2.24, 2.45) is 5.92 Å². The lowest BCUT2D eigenvalue weighted by atomic mass is 10.1. The number of aryl methyl sites for hydroxylation is 1. The normalized spacial score (nSPS) is 19.8. The number of nitrogens with zero attached hydrogens (tertiary/aromatic N) is 2. The first-order valence-electron chi connectivity index (χ1n) is 10.9. The zero-order valence-electron chi connectivity index (χ0n) is 18.6. The van der Waals surface area contributed by atoms with Gasteiger partial charge in [0.25, 0.3) is 5.91 Å². The molecule has 10 heteroatoms. The number of aliphatic hydroxyl groups is 1. The second-order valence-corrected chi connectivity index (χ2v) is 8.49. The van der Waals surface area contributed by atoms with Crippen LogP contribution in [0.4, 0.5) is 0 Å². The molecule has 1 saturated heterocycles. The van der Waals surface area contributed by atoms with Crippen molar-refractivity contribution in [2.45, 2.75) is 31.9 Å². The van der Waals surface area contributed by atoms with Crippen LogP contribution >= 0.6 is 12.4 Å². The summed E-state index contributed by atoms with van der Waals surface area (Å²) in [4.78, 5) is 25.3. The van der Waals surface area contributed by atoms with Crippen LogP contribution in [0.2, 0.25) is 0 Å². The smallest absolute Gasteiger partial charge is 0.255 e. The third kappa shape index (κ3) is 4.62. The molecule has 0 unspecified atom stereocenters. The van der Waals surface area contributed by atoms with Gasteiger partial charge in [0.15, 0.2) is 0 Å². The molecule has 3 heterocycles. The van der Waals surface area contributed by atoms with Gasteiger partial charge in [0.05, 0.1) is 36.9 Å². The number of carbonyl (C=O) groups excluding carboxylic acids is 1. The van der Waals surface area contributed by atoms with Crippen molar-refractivity contribution in [1.82, 2.24) is 25.6 Å². The number of β-amino-alcohol motifs (C(OH)–C–C–N with tert-alkyl or cyclic N) is 1. The Hall–Kier alpha value is -2.88. The van der Waals surface area contributed by atoms with E-state index < -0.39 is 6.10 Å². The van der Waals surface area contributed by atoms with Crippen molar-refractivity contribution in [3.05, 3.63) is 35.8 Å². The van der Waals surface area contributed by atoms with E-state index in [2.05, 4.69) is 25.6 Å². The lowest BCUT2D eigenvalue weighted by Gasteiger charge is -2.15. The molecule has 1 aliphatic carbocycles.